The van der Waals surface area contributed by atoms with Gasteiger partial charge in [0.25, 0.3) is 0 Å². The molecule has 1 saturated heterocycles. The van der Waals surface area contributed by atoms with Crippen LogP contribution in [0.2, 0.25) is 0 Å². The molecule has 0 aliphatic carbocycles. The minimum atomic E-state index is 0.543. The van der Waals surface area contributed by atoms with Gasteiger partial charge in [0.2, 0.25) is 0 Å². The Kier molecular flexibility index (Phi) is 3.94. The Morgan fingerprint density at radius 3 is 3.18 bits per heavy atom. The lowest BCUT2D eigenvalue weighted by atomic mass is 10.0. The van der Waals surface area contributed by atoms with Crippen molar-refractivity contribution in [2.24, 2.45) is 0 Å². The van der Waals surface area contributed by atoms with E-state index in [9.17, 15) is 0 Å². The van der Waals surface area contributed by atoms with Gasteiger partial charge in [-0.3, -0.25) is 0 Å². The maximum atomic E-state index is 8.86. The molecule has 1 aliphatic heterocycles. The van der Waals surface area contributed by atoms with E-state index in [0.29, 0.717) is 11.6 Å². The van der Waals surface area contributed by atoms with E-state index in [1.54, 1.807) is 12.3 Å². The van der Waals surface area contributed by atoms with Gasteiger partial charge < -0.3 is 10.2 Å². The third-order valence-corrected chi connectivity index (χ3v) is 3.17. The van der Waals surface area contributed by atoms with Crippen LogP contribution in [0.25, 0.3) is 0 Å². The maximum Gasteiger partial charge on any atom is 0.129 e. The Labute approximate surface area is 102 Å². The van der Waals surface area contributed by atoms with Gasteiger partial charge in [0.05, 0.1) is 11.6 Å². The fourth-order valence-corrected chi connectivity index (χ4v) is 2.20. The number of rotatable bonds is 3. The van der Waals surface area contributed by atoms with Crippen LogP contribution in [-0.2, 0) is 0 Å². The van der Waals surface area contributed by atoms with Crippen molar-refractivity contribution in [1.29, 1.82) is 5.26 Å². The smallest absolute Gasteiger partial charge is 0.129 e. The monoisotopic (exact) mass is 230 g/mol. The van der Waals surface area contributed by atoms with E-state index in [4.69, 9.17) is 5.26 Å². The number of nitrogens with zero attached hydrogens (tertiary/aromatic N) is 3. The quantitative estimate of drug-likeness (QED) is 0.855. The second-order valence-electron chi connectivity index (χ2n) is 4.54. The van der Waals surface area contributed by atoms with E-state index in [1.807, 2.05) is 13.1 Å². The number of hydrogen-bond donors (Lipinski definition) is 1. The summed E-state index contributed by atoms with van der Waals surface area (Å²) in [7, 11) is 2.03. The molecule has 0 radical (unpaired) electrons. The van der Waals surface area contributed by atoms with Gasteiger partial charge in [-0.25, -0.2) is 4.98 Å². The molecule has 1 aromatic rings. The van der Waals surface area contributed by atoms with Crippen LogP contribution in [0.15, 0.2) is 18.3 Å². The number of pyridine rings is 1. The van der Waals surface area contributed by atoms with Crippen molar-refractivity contribution in [3.05, 3.63) is 23.9 Å². The summed E-state index contributed by atoms with van der Waals surface area (Å²) in [5.41, 5.74) is 0.665. The summed E-state index contributed by atoms with van der Waals surface area (Å²) in [6, 6.07) is 6.25. The zero-order valence-corrected chi connectivity index (χ0v) is 10.2. The Bertz CT molecular complexity index is 404. The number of nitriles is 1. The zero-order chi connectivity index (χ0) is 12.1. The molecule has 1 N–H and O–H groups in total. The Morgan fingerprint density at radius 1 is 1.59 bits per heavy atom. The average molecular weight is 230 g/mol. The van der Waals surface area contributed by atoms with Crippen molar-refractivity contribution in [3.8, 4) is 6.07 Å². The predicted octanol–water partition coefficient (Wildman–Crippen LogP) is 1.53. The number of piperidine rings is 1. The second kappa shape index (κ2) is 5.65. The van der Waals surface area contributed by atoms with Gasteiger partial charge in [0.15, 0.2) is 0 Å². The molecule has 1 aliphatic rings. The second-order valence-corrected chi connectivity index (χ2v) is 4.54. The summed E-state index contributed by atoms with van der Waals surface area (Å²) in [5.74, 6) is 0.872. The van der Waals surface area contributed by atoms with E-state index in [1.165, 1.54) is 19.3 Å². The third kappa shape index (κ3) is 3.18. The van der Waals surface area contributed by atoms with E-state index in [0.717, 1.165) is 18.9 Å². The fraction of sp³-hybridized carbons (Fsp3) is 0.538. The molecule has 1 fully saturated rings. The van der Waals surface area contributed by atoms with Crippen LogP contribution in [-0.4, -0.2) is 31.2 Å². The van der Waals surface area contributed by atoms with Crippen LogP contribution in [0, 0.1) is 11.3 Å². The van der Waals surface area contributed by atoms with E-state index >= 15 is 0 Å². The molecule has 17 heavy (non-hydrogen) atoms. The first-order chi connectivity index (χ1) is 8.29. The van der Waals surface area contributed by atoms with Gasteiger partial charge in [-0.1, -0.05) is 6.42 Å². The molecule has 0 saturated carbocycles. The molecule has 2 rings (SSSR count). The molecule has 1 atom stereocenters. The summed E-state index contributed by atoms with van der Waals surface area (Å²) in [6.45, 7) is 2.06. The van der Waals surface area contributed by atoms with Gasteiger partial charge in [-0.2, -0.15) is 5.26 Å². The first-order valence-corrected chi connectivity index (χ1v) is 6.10. The molecule has 1 unspecified atom stereocenters. The Hall–Kier alpha value is -1.60. The fourth-order valence-electron chi connectivity index (χ4n) is 2.20. The minimum Gasteiger partial charge on any atom is -0.358 e. The van der Waals surface area contributed by atoms with E-state index in [-0.39, 0.29) is 0 Å². The summed E-state index contributed by atoms with van der Waals surface area (Å²) < 4.78 is 0. The highest BCUT2D eigenvalue weighted by Gasteiger charge is 2.15. The highest BCUT2D eigenvalue weighted by Crippen LogP contribution is 2.13. The first-order valence-electron chi connectivity index (χ1n) is 6.10. The number of hydrogen-bond acceptors (Lipinski definition) is 4. The van der Waals surface area contributed by atoms with Gasteiger partial charge in [-0.15, -0.1) is 0 Å². The highest BCUT2D eigenvalue weighted by atomic mass is 15.2. The predicted molar refractivity (Wildman–Crippen MR) is 67.9 cm³/mol. The first kappa shape index (κ1) is 11.9. The summed E-state index contributed by atoms with van der Waals surface area (Å²) in [5, 5.41) is 12.4. The average Bonchev–Trinajstić information content (AvgIpc) is 2.40. The van der Waals surface area contributed by atoms with Crippen LogP contribution in [0.5, 0.6) is 0 Å². The molecule has 0 amide bonds. The Balaban J connectivity index is 1.98. The standard InChI is InChI=1S/C13H18N4/c1-17(10-12-4-2-3-6-15-12)13-8-11(9-14)5-7-16-13/h5,7-8,12,15H,2-4,6,10H2,1H3. The molecule has 0 aromatic carbocycles. The lowest BCUT2D eigenvalue weighted by Gasteiger charge is -2.28. The Morgan fingerprint density at radius 2 is 2.47 bits per heavy atom. The molecular formula is C13H18N4. The normalized spacial score (nSPS) is 19.6. The van der Waals surface area contributed by atoms with Gasteiger partial charge in [0, 0.05) is 25.8 Å². The lowest BCUT2D eigenvalue weighted by Crippen LogP contribution is -2.42. The minimum absolute atomic E-state index is 0.543. The van der Waals surface area contributed by atoms with E-state index in [2.05, 4.69) is 21.3 Å². The van der Waals surface area contributed by atoms with Crippen LogP contribution in [0.1, 0.15) is 24.8 Å². The van der Waals surface area contributed by atoms with Gasteiger partial charge in [-0.05, 0) is 31.5 Å². The van der Waals surface area contributed by atoms with Crippen LogP contribution in [0.3, 0.4) is 0 Å². The van der Waals surface area contributed by atoms with Crippen molar-refractivity contribution < 1.29 is 0 Å². The van der Waals surface area contributed by atoms with Crippen molar-refractivity contribution in [2.45, 2.75) is 25.3 Å². The largest absolute Gasteiger partial charge is 0.358 e. The number of likely N-dealkylation sites (N-methyl/N-ethyl adjacent to an activating group) is 1. The topological polar surface area (TPSA) is 52.0 Å². The maximum absolute atomic E-state index is 8.86. The van der Waals surface area contributed by atoms with Crippen molar-refractivity contribution in [3.63, 3.8) is 0 Å². The highest BCUT2D eigenvalue weighted by molar-refractivity contribution is 5.44. The van der Waals surface area contributed by atoms with Crippen molar-refractivity contribution in [1.82, 2.24) is 10.3 Å². The summed E-state index contributed by atoms with van der Waals surface area (Å²) in [6.07, 6.45) is 5.50. The van der Waals surface area contributed by atoms with E-state index < -0.39 is 0 Å². The SMILES string of the molecule is CN(CC1CCCCN1)c1cc(C#N)ccn1. The lowest BCUT2D eigenvalue weighted by molar-refractivity contribution is 0.403. The molecule has 90 valence electrons. The van der Waals surface area contributed by atoms with Gasteiger partial charge >= 0.3 is 0 Å². The molecule has 0 spiro atoms. The third-order valence-electron chi connectivity index (χ3n) is 3.17. The molecule has 0 bridgehead atoms. The number of anilines is 1. The molecule has 4 heteroatoms. The van der Waals surface area contributed by atoms with Crippen LogP contribution in [0.4, 0.5) is 5.82 Å². The molecule has 4 nitrogen and oxygen atoms in total. The summed E-state index contributed by atoms with van der Waals surface area (Å²) >= 11 is 0. The van der Waals surface area contributed by atoms with Crippen molar-refractivity contribution in [2.75, 3.05) is 25.0 Å². The van der Waals surface area contributed by atoms with Crippen LogP contribution >= 0.6 is 0 Å². The molecule has 1 aromatic heterocycles. The number of nitrogens with one attached hydrogen (secondary N) is 1. The van der Waals surface area contributed by atoms with Crippen molar-refractivity contribution >= 4 is 5.82 Å². The van der Waals surface area contributed by atoms with Crippen LogP contribution < -0.4 is 10.2 Å². The zero-order valence-electron chi connectivity index (χ0n) is 10.2. The molecule has 2 heterocycles. The number of aromatic nitrogens is 1. The molecular weight excluding hydrogens is 212 g/mol. The summed E-state index contributed by atoms with van der Waals surface area (Å²) in [4.78, 5) is 6.41. The van der Waals surface area contributed by atoms with Gasteiger partial charge in [0.1, 0.15) is 5.82 Å².